The van der Waals surface area contributed by atoms with Crippen LogP contribution >= 0.6 is 39.0 Å². The highest BCUT2D eigenvalue weighted by Gasteiger charge is 2.20. The van der Waals surface area contributed by atoms with Crippen LogP contribution in [-0.2, 0) is 6.54 Å². The van der Waals surface area contributed by atoms with E-state index in [0.717, 1.165) is 18.3 Å². The van der Waals surface area contributed by atoms with Crippen molar-refractivity contribution >= 4 is 44.2 Å². The van der Waals surface area contributed by atoms with Gasteiger partial charge in [-0.3, -0.25) is 4.99 Å². The number of rotatable bonds is 3. The number of thioether (sulfide) groups is 1. The number of amidine groups is 1. The molecule has 0 aliphatic carbocycles. The summed E-state index contributed by atoms with van der Waals surface area (Å²) in [6.45, 7) is 1.70. The molecule has 1 N–H and O–H groups in total. The summed E-state index contributed by atoms with van der Waals surface area (Å²) < 4.78 is 1.17. The van der Waals surface area contributed by atoms with Crippen LogP contribution in [0.1, 0.15) is 15.7 Å². The predicted molar refractivity (Wildman–Crippen MR) is 87.9 cm³/mol. The smallest absolute Gasteiger partial charge is 0.157 e. The second-order valence-electron chi connectivity index (χ2n) is 4.21. The molecule has 0 radical (unpaired) electrons. The largest absolute Gasteiger partial charge is 0.360 e. The van der Waals surface area contributed by atoms with Crippen molar-refractivity contribution in [3.05, 3.63) is 56.7 Å². The number of halogens is 1. The standard InChI is InChI=1S/C14H13BrN2S2/c15-11-6-7-18-13(11)9-17-14-16-8-12(19-14)10-4-2-1-3-5-10/h1-7,12H,8-9H2,(H,16,17). The van der Waals surface area contributed by atoms with Gasteiger partial charge in [-0.2, -0.15) is 0 Å². The highest BCUT2D eigenvalue weighted by Crippen LogP contribution is 2.34. The molecule has 1 aliphatic rings. The van der Waals surface area contributed by atoms with Crippen molar-refractivity contribution in [3.63, 3.8) is 0 Å². The van der Waals surface area contributed by atoms with E-state index in [1.165, 1.54) is 14.9 Å². The number of thiophene rings is 1. The SMILES string of the molecule is Brc1ccsc1CNC1=NCC(c2ccccc2)S1. The summed E-state index contributed by atoms with van der Waals surface area (Å²) in [5, 5.41) is 7.02. The molecule has 3 rings (SSSR count). The molecule has 5 heteroatoms. The molecular weight excluding hydrogens is 340 g/mol. The Morgan fingerprint density at radius 1 is 1.26 bits per heavy atom. The fourth-order valence-electron chi connectivity index (χ4n) is 1.92. The number of hydrogen-bond donors (Lipinski definition) is 1. The summed E-state index contributed by atoms with van der Waals surface area (Å²) >= 11 is 7.12. The van der Waals surface area contributed by atoms with E-state index in [1.54, 1.807) is 11.3 Å². The van der Waals surface area contributed by atoms with Crippen LogP contribution in [0, 0.1) is 0 Å². The van der Waals surface area contributed by atoms with E-state index >= 15 is 0 Å². The maximum absolute atomic E-state index is 4.58. The lowest BCUT2D eigenvalue weighted by Gasteiger charge is -2.09. The second kappa shape index (κ2) is 6.11. The van der Waals surface area contributed by atoms with Crippen molar-refractivity contribution in [1.82, 2.24) is 5.32 Å². The molecule has 2 heterocycles. The molecule has 1 aromatic heterocycles. The minimum absolute atomic E-state index is 0.454. The van der Waals surface area contributed by atoms with E-state index in [-0.39, 0.29) is 0 Å². The van der Waals surface area contributed by atoms with Gasteiger partial charge in [-0.1, -0.05) is 42.1 Å². The summed E-state index contributed by atoms with van der Waals surface area (Å²) in [5.41, 5.74) is 1.35. The van der Waals surface area contributed by atoms with Crippen molar-refractivity contribution in [2.45, 2.75) is 11.8 Å². The highest BCUT2D eigenvalue weighted by molar-refractivity contribution is 9.10. The van der Waals surface area contributed by atoms with Gasteiger partial charge in [0.05, 0.1) is 18.3 Å². The lowest BCUT2D eigenvalue weighted by atomic mass is 10.1. The zero-order chi connectivity index (χ0) is 13.1. The van der Waals surface area contributed by atoms with E-state index < -0.39 is 0 Å². The Morgan fingerprint density at radius 2 is 2.11 bits per heavy atom. The Hall–Kier alpha value is -0.780. The number of hydrogen-bond acceptors (Lipinski definition) is 4. The Balaban J connectivity index is 1.56. The fraction of sp³-hybridized carbons (Fsp3) is 0.214. The third-order valence-corrected chi connectivity index (χ3v) is 6.05. The summed E-state index contributed by atoms with van der Waals surface area (Å²) in [6, 6.07) is 12.7. The van der Waals surface area contributed by atoms with Crippen molar-refractivity contribution < 1.29 is 0 Å². The monoisotopic (exact) mass is 352 g/mol. The molecule has 0 amide bonds. The first-order chi connectivity index (χ1) is 9.33. The molecule has 1 unspecified atom stereocenters. The number of benzene rings is 1. The van der Waals surface area contributed by atoms with Crippen LogP contribution in [0.5, 0.6) is 0 Å². The first kappa shape index (κ1) is 13.2. The quantitative estimate of drug-likeness (QED) is 0.882. The average Bonchev–Trinajstić information content (AvgIpc) is 3.06. The number of nitrogens with one attached hydrogen (secondary N) is 1. The summed E-state index contributed by atoms with van der Waals surface area (Å²) in [7, 11) is 0. The topological polar surface area (TPSA) is 24.4 Å². The van der Waals surface area contributed by atoms with Gasteiger partial charge < -0.3 is 5.32 Å². The number of aliphatic imine (C=N–C) groups is 1. The molecule has 98 valence electrons. The van der Waals surface area contributed by atoms with Gasteiger partial charge in [0, 0.05) is 9.35 Å². The fourth-order valence-corrected chi connectivity index (χ4v) is 4.37. The Morgan fingerprint density at radius 3 is 2.84 bits per heavy atom. The van der Waals surface area contributed by atoms with Crippen molar-refractivity contribution in [3.8, 4) is 0 Å². The van der Waals surface area contributed by atoms with Crippen LogP contribution in [0.4, 0.5) is 0 Å². The zero-order valence-electron chi connectivity index (χ0n) is 10.2. The predicted octanol–water partition coefficient (Wildman–Crippen LogP) is 4.44. The van der Waals surface area contributed by atoms with Crippen molar-refractivity contribution in [2.75, 3.05) is 6.54 Å². The van der Waals surface area contributed by atoms with Crippen LogP contribution < -0.4 is 5.32 Å². The maximum Gasteiger partial charge on any atom is 0.157 e. The van der Waals surface area contributed by atoms with Gasteiger partial charge >= 0.3 is 0 Å². The summed E-state index contributed by atoms with van der Waals surface area (Å²) in [4.78, 5) is 5.89. The molecule has 0 bridgehead atoms. The van der Waals surface area contributed by atoms with Crippen LogP contribution in [0.3, 0.4) is 0 Å². The van der Waals surface area contributed by atoms with Crippen LogP contribution in [0.2, 0.25) is 0 Å². The molecule has 0 fully saturated rings. The first-order valence-corrected chi connectivity index (χ1v) is 8.60. The summed E-state index contributed by atoms with van der Waals surface area (Å²) in [6.07, 6.45) is 0. The Bertz CT molecular complexity index is 580. The number of nitrogens with zero attached hydrogens (tertiary/aromatic N) is 1. The van der Waals surface area contributed by atoms with E-state index in [9.17, 15) is 0 Å². The minimum atomic E-state index is 0.454. The van der Waals surface area contributed by atoms with E-state index in [2.05, 4.69) is 68.0 Å². The molecule has 0 saturated heterocycles. The van der Waals surface area contributed by atoms with Gasteiger partial charge in [0.25, 0.3) is 0 Å². The van der Waals surface area contributed by atoms with Gasteiger partial charge in [0.15, 0.2) is 5.17 Å². The third kappa shape index (κ3) is 3.22. The van der Waals surface area contributed by atoms with E-state index in [1.807, 2.05) is 11.8 Å². The Kier molecular flexibility index (Phi) is 4.25. The van der Waals surface area contributed by atoms with Gasteiger partial charge in [0.2, 0.25) is 0 Å². The second-order valence-corrected chi connectivity index (χ2v) is 7.25. The third-order valence-electron chi connectivity index (χ3n) is 2.92. The molecule has 0 saturated carbocycles. The van der Waals surface area contributed by atoms with Crippen LogP contribution in [0.25, 0.3) is 0 Å². The van der Waals surface area contributed by atoms with Crippen LogP contribution in [0.15, 0.2) is 51.2 Å². The molecule has 2 nitrogen and oxygen atoms in total. The summed E-state index contributed by atoms with van der Waals surface area (Å²) in [5.74, 6) is 0. The van der Waals surface area contributed by atoms with Crippen molar-refractivity contribution in [2.24, 2.45) is 4.99 Å². The Labute approximate surface area is 129 Å². The molecule has 1 atom stereocenters. The lowest BCUT2D eigenvalue weighted by Crippen LogP contribution is -2.17. The average molecular weight is 353 g/mol. The highest BCUT2D eigenvalue weighted by atomic mass is 79.9. The molecule has 0 spiro atoms. The van der Waals surface area contributed by atoms with Crippen LogP contribution in [-0.4, -0.2) is 11.7 Å². The lowest BCUT2D eigenvalue weighted by molar-refractivity contribution is 0.922. The normalized spacial score (nSPS) is 18.4. The zero-order valence-corrected chi connectivity index (χ0v) is 13.4. The van der Waals surface area contributed by atoms with E-state index in [0.29, 0.717) is 5.25 Å². The maximum atomic E-state index is 4.58. The molecule has 1 aliphatic heterocycles. The van der Waals surface area contributed by atoms with Gasteiger partial charge in [0.1, 0.15) is 0 Å². The molecule has 1 aromatic carbocycles. The minimum Gasteiger partial charge on any atom is -0.360 e. The van der Waals surface area contributed by atoms with E-state index in [4.69, 9.17) is 0 Å². The first-order valence-electron chi connectivity index (χ1n) is 6.05. The molecule has 2 aromatic rings. The van der Waals surface area contributed by atoms with Gasteiger partial charge in [-0.25, -0.2) is 0 Å². The molecule has 19 heavy (non-hydrogen) atoms. The van der Waals surface area contributed by atoms with Gasteiger partial charge in [-0.05, 0) is 32.9 Å². The van der Waals surface area contributed by atoms with Crippen molar-refractivity contribution in [1.29, 1.82) is 0 Å². The van der Waals surface area contributed by atoms with Gasteiger partial charge in [-0.15, -0.1) is 11.3 Å². The molecular formula is C14H13BrN2S2.